The number of thiazole rings is 1. The molecule has 0 spiro atoms. The molecule has 2 aliphatic heterocycles. The van der Waals surface area contributed by atoms with Crippen molar-refractivity contribution in [3.8, 4) is 5.75 Å². The van der Waals surface area contributed by atoms with Crippen LogP contribution in [0.15, 0.2) is 82.6 Å². The Kier molecular flexibility index (Phi) is 8.11. The van der Waals surface area contributed by atoms with Gasteiger partial charge in [0.05, 0.1) is 28.8 Å². The monoisotopic (exact) mass is 629 g/mol. The number of rotatable bonds is 8. The molecule has 0 aliphatic carbocycles. The number of aromatic amines is 1. The molecule has 12 heteroatoms. The van der Waals surface area contributed by atoms with Crippen molar-refractivity contribution in [2.75, 3.05) is 23.4 Å². The first-order valence-corrected chi connectivity index (χ1v) is 15.6. The van der Waals surface area contributed by atoms with Crippen LogP contribution in [0.1, 0.15) is 39.2 Å². The molecule has 3 atom stereocenters. The summed E-state index contributed by atoms with van der Waals surface area (Å²) in [6, 6.07) is 20.6. The lowest BCUT2D eigenvalue weighted by atomic mass is 9.83. The van der Waals surface area contributed by atoms with Gasteiger partial charge in [0.2, 0.25) is 11.8 Å². The quantitative estimate of drug-likeness (QED) is 0.211. The number of esters is 1. The summed E-state index contributed by atoms with van der Waals surface area (Å²) in [7, 11) is 0. The number of hydrogen-bond donors (Lipinski definition) is 2. The number of aromatic nitrogens is 1. The summed E-state index contributed by atoms with van der Waals surface area (Å²) in [5, 5.41) is 2.62. The number of amides is 3. The molecule has 2 aliphatic rings. The Morgan fingerprint density at radius 1 is 0.977 bits per heavy atom. The smallest absolute Gasteiger partial charge is 0.338 e. The SMILES string of the molecule is CCOC(=O)c1ccc(N2C(=O)[C@H]3[C@H](c4ccc(OCC(=O)Nc5cccc(C)c5)cc4)c4sc(=O)[nH]c4S[C@H]3C2=O)cc1. The highest BCUT2D eigenvalue weighted by Gasteiger charge is 2.56. The lowest BCUT2D eigenvalue weighted by Crippen LogP contribution is -2.32. The molecule has 2 N–H and O–H groups in total. The molecule has 1 aromatic heterocycles. The van der Waals surface area contributed by atoms with Gasteiger partial charge in [-0.05, 0) is 73.5 Å². The second-order valence-electron chi connectivity index (χ2n) is 10.3. The average molecular weight is 630 g/mol. The molecule has 3 aromatic carbocycles. The predicted octanol–water partition coefficient (Wildman–Crippen LogP) is 4.73. The van der Waals surface area contributed by atoms with Crippen LogP contribution >= 0.6 is 23.1 Å². The number of carbonyl (C=O) groups excluding carboxylic acids is 4. The van der Waals surface area contributed by atoms with Crippen molar-refractivity contribution in [2.24, 2.45) is 5.92 Å². The Morgan fingerprint density at radius 2 is 1.73 bits per heavy atom. The average Bonchev–Trinajstić information content (AvgIpc) is 3.50. The van der Waals surface area contributed by atoms with Crippen LogP contribution in [0, 0.1) is 12.8 Å². The van der Waals surface area contributed by atoms with Crippen LogP contribution < -0.4 is 19.8 Å². The van der Waals surface area contributed by atoms with Gasteiger partial charge >= 0.3 is 10.8 Å². The van der Waals surface area contributed by atoms with E-state index in [1.165, 1.54) is 23.9 Å². The van der Waals surface area contributed by atoms with Gasteiger partial charge in [0.1, 0.15) is 11.0 Å². The molecule has 1 saturated heterocycles. The second kappa shape index (κ2) is 12.1. The minimum Gasteiger partial charge on any atom is -0.484 e. The van der Waals surface area contributed by atoms with Crippen LogP contribution in [0.25, 0.3) is 0 Å². The third kappa shape index (κ3) is 5.65. The van der Waals surface area contributed by atoms with Gasteiger partial charge in [-0.3, -0.25) is 19.2 Å². The predicted molar refractivity (Wildman–Crippen MR) is 167 cm³/mol. The maximum absolute atomic E-state index is 13.9. The van der Waals surface area contributed by atoms with Crippen LogP contribution in [0.2, 0.25) is 0 Å². The van der Waals surface area contributed by atoms with Crippen LogP contribution in [-0.2, 0) is 19.1 Å². The maximum Gasteiger partial charge on any atom is 0.338 e. The van der Waals surface area contributed by atoms with E-state index >= 15 is 0 Å². The van der Waals surface area contributed by atoms with Crippen molar-refractivity contribution in [2.45, 2.75) is 30.0 Å². The van der Waals surface area contributed by atoms with Gasteiger partial charge in [-0.15, -0.1) is 0 Å². The summed E-state index contributed by atoms with van der Waals surface area (Å²) in [4.78, 5) is 68.9. The molecular weight excluding hydrogens is 603 g/mol. The van der Waals surface area contributed by atoms with Crippen molar-refractivity contribution >= 4 is 58.2 Å². The summed E-state index contributed by atoms with van der Waals surface area (Å²) < 4.78 is 10.7. The number of H-pyrrole nitrogens is 1. The molecule has 0 bridgehead atoms. The lowest BCUT2D eigenvalue weighted by molar-refractivity contribution is -0.122. The number of thioether (sulfide) groups is 1. The van der Waals surface area contributed by atoms with E-state index in [1.807, 2.05) is 25.1 Å². The minimum absolute atomic E-state index is 0.196. The molecule has 4 aromatic rings. The highest BCUT2D eigenvalue weighted by molar-refractivity contribution is 8.00. The lowest BCUT2D eigenvalue weighted by Gasteiger charge is -2.29. The number of ether oxygens (including phenoxy) is 2. The fourth-order valence-electron chi connectivity index (χ4n) is 5.43. The van der Waals surface area contributed by atoms with E-state index in [9.17, 15) is 24.0 Å². The molecule has 3 amide bonds. The minimum atomic E-state index is -0.761. The van der Waals surface area contributed by atoms with Crippen molar-refractivity contribution < 1.29 is 28.7 Å². The van der Waals surface area contributed by atoms with E-state index in [2.05, 4.69) is 10.3 Å². The topological polar surface area (TPSA) is 135 Å². The molecule has 0 radical (unpaired) electrons. The van der Waals surface area contributed by atoms with Crippen molar-refractivity contribution in [3.63, 3.8) is 0 Å². The largest absolute Gasteiger partial charge is 0.484 e. The third-order valence-corrected chi connectivity index (χ3v) is 9.77. The Balaban J connectivity index is 1.23. The van der Waals surface area contributed by atoms with E-state index in [1.54, 1.807) is 49.4 Å². The van der Waals surface area contributed by atoms with Gasteiger partial charge in [-0.25, -0.2) is 9.69 Å². The molecule has 10 nitrogen and oxygen atoms in total. The fourth-order valence-corrected chi connectivity index (χ4v) is 7.95. The van der Waals surface area contributed by atoms with Crippen LogP contribution in [0.5, 0.6) is 5.75 Å². The fraction of sp³-hybridized carbons (Fsp3) is 0.219. The van der Waals surface area contributed by atoms with Gasteiger partial charge in [0.15, 0.2) is 6.61 Å². The highest BCUT2D eigenvalue weighted by atomic mass is 32.2. The van der Waals surface area contributed by atoms with Gasteiger partial charge in [0, 0.05) is 16.5 Å². The number of nitrogens with zero attached hydrogens (tertiary/aromatic N) is 1. The number of benzene rings is 3. The summed E-state index contributed by atoms with van der Waals surface area (Å²) in [5.41, 5.74) is 3.10. The first-order chi connectivity index (χ1) is 21.2. The van der Waals surface area contributed by atoms with Crippen LogP contribution in [0.4, 0.5) is 11.4 Å². The van der Waals surface area contributed by atoms with Crippen molar-refractivity contribution in [1.29, 1.82) is 0 Å². The zero-order chi connectivity index (χ0) is 31.0. The summed E-state index contributed by atoms with van der Waals surface area (Å²) in [6.07, 6.45) is 0. The van der Waals surface area contributed by atoms with E-state index in [-0.39, 0.29) is 29.9 Å². The molecule has 1 fully saturated rings. The summed E-state index contributed by atoms with van der Waals surface area (Å²) in [5.74, 6) is -2.44. The van der Waals surface area contributed by atoms with Gasteiger partial charge in [-0.1, -0.05) is 47.4 Å². The Hall–Kier alpha value is -4.68. The van der Waals surface area contributed by atoms with Gasteiger partial charge in [0.25, 0.3) is 5.91 Å². The third-order valence-electron chi connectivity index (χ3n) is 7.37. The number of fused-ring (bicyclic) bond motifs is 2. The Labute approximate surface area is 260 Å². The van der Waals surface area contributed by atoms with Crippen LogP contribution in [-0.4, -0.2) is 47.1 Å². The van der Waals surface area contributed by atoms with Crippen LogP contribution in [0.3, 0.4) is 0 Å². The second-order valence-corrected chi connectivity index (χ2v) is 12.5. The standard InChI is InChI=1S/C32H27N3O7S2/c1-3-41-31(39)19-7-11-21(12-8-19)35-29(37)25-24(26-28(34-32(40)44-26)43-27(25)30(35)38)18-9-13-22(14-10-18)42-16-23(36)33-20-6-4-5-17(2)15-20/h4-15,24-25,27H,3,16H2,1-2H3,(H,33,36)(H,34,40)/t24-,25-,27+/m0/s1. The zero-order valence-electron chi connectivity index (χ0n) is 23.7. The Morgan fingerprint density at radius 3 is 2.43 bits per heavy atom. The van der Waals surface area contributed by atoms with Crippen molar-refractivity contribution in [1.82, 2.24) is 4.98 Å². The zero-order valence-corrected chi connectivity index (χ0v) is 25.3. The normalized spacial score (nSPS) is 18.9. The Bertz CT molecular complexity index is 1810. The van der Waals surface area contributed by atoms with E-state index in [0.717, 1.165) is 27.4 Å². The molecule has 44 heavy (non-hydrogen) atoms. The molecule has 0 unspecified atom stereocenters. The summed E-state index contributed by atoms with van der Waals surface area (Å²) in [6.45, 7) is 3.68. The number of nitrogens with one attached hydrogen (secondary N) is 2. The maximum atomic E-state index is 13.9. The molecule has 0 saturated carbocycles. The number of anilines is 2. The molecular formula is C32H27N3O7S2. The summed E-state index contributed by atoms with van der Waals surface area (Å²) >= 11 is 2.21. The van der Waals surface area contributed by atoms with Gasteiger partial charge < -0.3 is 19.8 Å². The number of hydrogen-bond acceptors (Lipinski definition) is 9. The van der Waals surface area contributed by atoms with E-state index < -0.39 is 29.0 Å². The molecule has 3 heterocycles. The van der Waals surface area contributed by atoms with E-state index in [4.69, 9.17) is 9.47 Å². The first kappa shape index (κ1) is 29.4. The molecule has 6 rings (SSSR count). The molecule has 224 valence electrons. The number of imide groups is 1. The van der Waals surface area contributed by atoms with Gasteiger partial charge in [-0.2, -0.15) is 0 Å². The first-order valence-electron chi connectivity index (χ1n) is 13.9. The number of carbonyl (C=O) groups is 4. The highest BCUT2D eigenvalue weighted by Crippen LogP contribution is 2.53. The van der Waals surface area contributed by atoms with E-state index in [0.29, 0.717) is 32.6 Å². The van der Waals surface area contributed by atoms with Crippen molar-refractivity contribution in [3.05, 3.63) is 104 Å². The number of aryl methyl sites for hydroxylation is 1.